The average molecular weight is 296 g/mol. The number of benzene rings is 1. The van der Waals surface area contributed by atoms with Gasteiger partial charge in [0.25, 0.3) is 0 Å². The zero-order valence-electron chi connectivity index (χ0n) is 11.9. The second-order valence-corrected chi connectivity index (χ2v) is 5.90. The van der Waals surface area contributed by atoms with E-state index in [-0.39, 0.29) is 5.91 Å². The maximum atomic E-state index is 11.9. The SMILES string of the molecule is CC1NNC(C)C1CC(=O)NCCc1ccc(Cl)cc1. The third-order valence-electron chi connectivity index (χ3n) is 3.89. The molecule has 1 heterocycles. The van der Waals surface area contributed by atoms with E-state index in [4.69, 9.17) is 11.6 Å². The van der Waals surface area contributed by atoms with Gasteiger partial charge in [-0.3, -0.25) is 15.6 Å². The predicted octanol–water partition coefficient (Wildman–Crippen LogP) is 1.89. The molecule has 1 saturated heterocycles. The molecule has 1 aromatic carbocycles. The standard InChI is InChI=1S/C15H22ClN3O/c1-10-14(11(2)19-18-10)9-15(20)17-8-7-12-3-5-13(16)6-4-12/h3-6,10-11,14,18-19H,7-9H2,1-2H3,(H,17,20). The minimum atomic E-state index is 0.119. The number of carbonyl (C=O) groups is 1. The van der Waals surface area contributed by atoms with Gasteiger partial charge in [0.1, 0.15) is 0 Å². The fourth-order valence-electron chi connectivity index (χ4n) is 2.55. The van der Waals surface area contributed by atoms with Crippen LogP contribution < -0.4 is 16.2 Å². The Kier molecular flexibility index (Phi) is 5.40. The topological polar surface area (TPSA) is 53.2 Å². The second kappa shape index (κ2) is 7.07. The third-order valence-corrected chi connectivity index (χ3v) is 4.15. The summed E-state index contributed by atoms with van der Waals surface area (Å²) < 4.78 is 0. The van der Waals surface area contributed by atoms with Gasteiger partial charge in [-0.25, -0.2) is 0 Å². The lowest BCUT2D eigenvalue weighted by atomic mass is 9.93. The molecule has 0 aromatic heterocycles. The molecule has 3 N–H and O–H groups in total. The molecule has 2 unspecified atom stereocenters. The summed E-state index contributed by atoms with van der Waals surface area (Å²) in [6.07, 6.45) is 1.39. The monoisotopic (exact) mass is 295 g/mol. The number of amides is 1. The number of carbonyl (C=O) groups excluding carboxylic acids is 1. The van der Waals surface area contributed by atoms with Gasteiger partial charge in [-0.05, 0) is 38.0 Å². The van der Waals surface area contributed by atoms with Crippen LogP contribution in [0.3, 0.4) is 0 Å². The first kappa shape index (κ1) is 15.3. The van der Waals surface area contributed by atoms with Gasteiger partial charge in [0, 0.05) is 36.0 Å². The second-order valence-electron chi connectivity index (χ2n) is 5.46. The molecule has 0 radical (unpaired) electrons. The maximum Gasteiger partial charge on any atom is 0.220 e. The number of hydrazine groups is 1. The van der Waals surface area contributed by atoms with Crippen LogP contribution >= 0.6 is 11.6 Å². The van der Waals surface area contributed by atoms with E-state index in [1.165, 1.54) is 5.56 Å². The van der Waals surface area contributed by atoms with Gasteiger partial charge in [0.2, 0.25) is 5.91 Å². The highest BCUT2D eigenvalue weighted by Gasteiger charge is 2.31. The molecule has 1 aromatic rings. The smallest absolute Gasteiger partial charge is 0.220 e. The van der Waals surface area contributed by atoms with Crippen molar-refractivity contribution in [2.24, 2.45) is 5.92 Å². The average Bonchev–Trinajstić information content (AvgIpc) is 2.73. The van der Waals surface area contributed by atoms with Gasteiger partial charge >= 0.3 is 0 Å². The highest BCUT2D eigenvalue weighted by atomic mass is 35.5. The van der Waals surface area contributed by atoms with E-state index >= 15 is 0 Å². The first-order valence-electron chi connectivity index (χ1n) is 7.08. The zero-order valence-corrected chi connectivity index (χ0v) is 12.7. The van der Waals surface area contributed by atoms with Crippen LogP contribution in [0.1, 0.15) is 25.8 Å². The Morgan fingerprint density at radius 1 is 1.20 bits per heavy atom. The summed E-state index contributed by atoms with van der Waals surface area (Å²) in [4.78, 5) is 11.9. The van der Waals surface area contributed by atoms with Crippen molar-refractivity contribution in [1.82, 2.24) is 16.2 Å². The molecule has 1 aliphatic heterocycles. The fraction of sp³-hybridized carbons (Fsp3) is 0.533. The van der Waals surface area contributed by atoms with Crippen molar-refractivity contribution >= 4 is 17.5 Å². The van der Waals surface area contributed by atoms with Gasteiger partial charge in [-0.2, -0.15) is 0 Å². The van der Waals surface area contributed by atoms with Crippen LogP contribution in [0.2, 0.25) is 5.02 Å². The molecule has 20 heavy (non-hydrogen) atoms. The van der Waals surface area contributed by atoms with Gasteiger partial charge < -0.3 is 5.32 Å². The Morgan fingerprint density at radius 3 is 2.40 bits per heavy atom. The van der Waals surface area contributed by atoms with Gasteiger partial charge in [0.15, 0.2) is 0 Å². The number of rotatable bonds is 5. The quantitative estimate of drug-likeness (QED) is 0.777. The summed E-state index contributed by atoms with van der Waals surface area (Å²) in [5.41, 5.74) is 7.52. The summed E-state index contributed by atoms with van der Waals surface area (Å²) >= 11 is 5.84. The molecular weight excluding hydrogens is 274 g/mol. The molecule has 1 aliphatic rings. The van der Waals surface area contributed by atoms with Crippen LogP contribution in [0.15, 0.2) is 24.3 Å². The summed E-state index contributed by atoms with van der Waals surface area (Å²) in [6, 6.07) is 8.38. The first-order valence-corrected chi connectivity index (χ1v) is 7.46. The highest BCUT2D eigenvalue weighted by Crippen LogP contribution is 2.18. The zero-order chi connectivity index (χ0) is 14.5. The van der Waals surface area contributed by atoms with Crippen LogP contribution in [-0.4, -0.2) is 24.5 Å². The van der Waals surface area contributed by atoms with E-state index in [1.54, 1.807) is 0 Å². The van der Waals surface area contributed by atoms with Crippen molar-refractivity contribution in [3.63, 3.8) is 0 Å². The fourth-order valence-corrected chi connectivity index (χ4v) is 2.67. The van der Waals surface area contributed by atoms with E-state index in [9.17, 15) is 4.79 Å². The Morgan fingerprint density at radius 2 is 1.80 bits per heavy atom. The molecule has 0 aliphatic carbocycles. The van der Waals surface area contributed by atoms with Gasteiger partial charge in [-0.1, -0.05) is 23.7 Å². The Balaban J connectivity index is 1.71. The van der Waals surface area contributed by atoms with Gasteiger partial charge in [-0.15, -0.1) is 0 Å². The van der Waals surface area contributed by atoms with Gasteiger partial charge in [0.05, 0.1) is 0 Å². The lowest BCUT2D eigenvalue weighted by molar-refractivity contribution is -0.122. The van der Waals surface area contributed by atoms with Crippen LogP contribution in [0.5, 0.6) is 0 Å². The van der Waals surface area contributed by atoms with E-state index in [0.717, 1.165) is 11.4 Å². The van der Waals surface area contributed by atoms with Crippen LogP contribution in [0.25, 0.3) is 0 Å². The summed E-state index contributed by atoms with van der Waals surface area (Å²) in [7, 11) is 0. The van der Waals surface area contributed by atoms with E-state index in [0.29, 0.717) is 31.0 Å². The summed E-state index contributed by atoms with van der Waals surface area (Å²) in [6.45, 7) is 4.86. The van der Waals surface area contributed by atoms with Crippen LogP contribution in [0.4, 0.5) is 0 Å². The maximum absolute atomic E-state index is 11.9. The molecule has 110 valence electrons. The molecule has 4 nitrogen and oxygen atoms in total. The third kappa shape index (κ3) is 4.20. The normalized spacial score (nSPS) is 25.6. The summed E-state index contributed by atoms with van der Waals surface area (Å²) in [5.74, 6) is 0.457. The van der Waals surface area contributed by atoms with Crippen molar-refractivity contribution < 1.29 is 4.79 Å². The highest BCUT2D eigenvalue weighted by molar-refractivity contribution is 6.30. The largest absolute Gasteiger partial charge is 0.356 e. The van der Waals surface area contributed by atoms with E-state index in [1.807, 2.05) is 24.3 Å². The molecule has 2 rings (SSSR count). The van der Waals surface area contributed by atoms with Crippen molar-refractivity contribution in [3.05, 3.63) is 34.9 Å². The van der Waals surface area contributed by atoms with E-state index in [2.05, 4.69) is 30.0 Å². The number of halogens is 1. The van der Waals surface area contributed by atoms with Crippen molar-refractivity contribution in [2.45, 2.75) is 38.8 Å². The molecule has 5 heteroatoms. The Bertz CT molecular complexity index is 439. The van der Waals surface area contributed by atoms with Crippen molar-refractivity contribution in [1.29, 1.82) is 0 Å². The molecule has 1 amide bonds. The molecule has 1 fully saturated rings. The minimum absolute atomic E-state index is 0.119. The Hall–Kier alpha value is -1.10. The van der Waals surface area contributed by atoms with Crippen LogP contribution in [-0.2, 0) is 11.2 Å². The number of hydrogen-bond acceptors (Lipinski definition) is 3. The minimum Gasteiger partial charge on any atom is -0.356 e. The molecule has 0 spiro atoms. The van der Waals surface area contributed by atoms with Crippen molar-refractivity contribution in [3.8, 4) is 0 Å². The summed E-state index contributed by atoms with van der Waals surface area (Å²) in [5, 5.41) is 3.72. The van der Waals surface area contributed by atoms with Crippen LogP contribution in [0, 0.1) is 5.92 Å². The number of nitrogens with one attached hydrogen (secondary N) is 3. The Labute approximate surface area is 125 Å². The van der Waals surface area contributed by atoms with Crippen molar-refractivity contribution in [2.75, 3.05) is 6.54 Å². The van der Waals surface area contributed by atoms with E-state index < -0.39 is 0 Å². The molecule has 0 saturated carbocycles. The lowest BCUT2D eigenvalue weighted by Gasteiger charge is -2.17. The first-order chi connectivity index (χ1) is 9.56. The number of hydrogen-bond donors (Lipinski definition) is 3. The lowest BCUT2D eigenvalue weighted by Crippen LogP contribution is -2.33. The molecule has 0 bridgehead atoms. The predicted molar refractivity (Wildman–Crippen MR) is 81.5 cm³/mol. The molecular formula is C15H22ClN3O. The molecule has 2 atom stereocenters.